The van der Waals surface area contributed by atoms with Gasteiger partial charge in [-0.3, -0.25) is 0 Å². The summed E-state index contributed by atoms with van der Waals surface area (Å²) < 4.78 is 21.6. The minimum Gasteiger partial charge on any atom is -0.442 e. The van der Waals surface area contributed by atoms with Crippen LogP contribution in [0.2, 0.25) is 6.04 Å². The van der Waals surface area contributed by atoms with E-state index in [1.54, 1.807) is 21.3 Å². The normalized spacial score (nSPS) is 21.1. The lowest BCUT2D eigenvalue weighted by Crippen LogP contribution is -2.43. The van der Waals surface area contributed by atoms with Gasteiger partial charge in [0.1, 0.15) is 6.10 Å². The summed E-state index contributed by atoms with van der Waals surface area (Å²) in [5, 5.41) is 2.78. The van der Waals surface area contributed by atoms with Crippen LogP contribution in [0.5, 0.6) is 0 Å². The Morgan fingerprint density at radius 1 is 1.33 bits per heavy atom. The van der Waals surface area contributed by atoms with Crippen molar-refractivity contribution in [3.8, 4) is 0 Å². The molecule has 1 aliphatic carbocycles. The Morgan fingerprint density at radius 3 is 2.50 bits per heavy atom. The fourth-order valence-corrected chi connectivity index (χ4v) is 4.49. The Morgan fingerprint density at radius 2 is 1.96 bits per heavy atom. The van der Waals surface area contributed by atoms with E-state index < -0.39 is 14.9 Å². The molecule has 6 nitrogen and oxygen atoms in total. The van der Waals surface area contributed by atoms with Gasteiger partial charge < -0.3 is 23.3 Å². The van der Waals surface area contributed by atoms with Crippen LogP contribution in [0.1, 0.15) is 33.1 Å². The summed E-state index contributed by atoms with van der Waals surface area (Å²) in [4.78, 5) is 12.0. The van der Waals surface area contributed by atoms with Gasteiger partial charge in [-0.2, -0.15) is 0 Å². The Balaban J connectivity index is 2.37. The lowest BCUT2D eigenvalue weighted by Gasteiger charge is -2.28. The van der Waals surface area contributed by atoms with Crippen LogP contribution < -0.4 is 5.32 Å². The Hall–Kier alpha value is -1.15. The highest BCUT2D eigenvalue weighted by atomic mass is 28.4. The topological polar surface area (TPSA) is 66.0 Å². The Bertz CT molecular complexity index is 454. The molecule has 138 valence electrons. The molecule has 1 N–H and O–H groups in total. The van der Waals surface area contributed by atoms with Gasteiger partial charge in [-0.15, -0.1) is 0 Å². The first-order chi connectivity index (χ1) is 11.4. The van der Waals surface area contributed by atoms with Gasteiger partial charge in [0.2, 0.25) is 0 Å². The van der Waals surface area contributed by atoms with Crippen LogP contribution in [0.3, 0.4) is 0 Å². The highest BCUT2D eigenvalue weighted by Gasteiger charge is 2.36. The predicted molar refractivity (Wildman–Crippen MR) is 95.8 cm³/mol. The monoisotopic (exact) mass is 357 g/mol. The molecule has 2 atom stereocenters. The molecule has 0 saturated heterocycles. The lowest BCUT2D eigenvalue weighted by atomic mass is 9.84. The van der Waals surface area contributed by atoms with Crippen LogP contribution >= 0.6 is 0 Å². The third kappa shape index (κ3) is 6.05. The summed E-state index contributed by atoms with van der Waals surface area (Å²) >= 11 is 0. The number of rotatable bonds is 9. The highest BCUT2D eigenvalue weighted by molar-refractivity contribution is 6.60. The minimum atomic E-state index is -2.58. The number of allylic oxidation sites excluding steroid dienone is 2. The van der Waals surface area contributed by atoms with Crippen molar-refractivity contribution in [2.24, 2.45) is 5.92 Å². The van der Waals surface area contributed by atoms with Gasteiger partial charge in [0.05, 0.1) is 0 Å². The summed E-state index contributed by atoms with van der Waals surface area (Å²) in [6, 6.07) is 0.636. The second kappa shape index (κ2) is 9.98. The molecule has 0 aromatic rings. The van der Waals surface area contributed by atoms with Gasteiger partial charge >= 0.3 is 14.9 Å². The van der Waals surface area contributed by atoms with E-state index in [0.29, 0.717) is 24.9 Å². The van der Waals surface area contributed by atoms with Gasteiger partial charge in [0, 0.05) is 33.9 Å². The molecule has 0 spiro atoms. The lowest BCUT2D eigenvalue weighted by molar-refractivity contribution is 0.0991. The van der Waals surface area contributed by atoms with E-state index in [0.717, 1.165) is 24.0 Å². The molecule has 0 heterocycles. The van der Waals surface area contributed by atoms with Gasteiger partial charge in [-0.25, -0.2) is 4.79 Å². The summed E-state index contributed by atoms with van der Waals surface area (Å²) in [6.45, 7) is 8.52. The zero-order valence-electron chi connectivity index (χ0n) is 15.5. The van der Waals surface area contributed by atoms with Crippen molar-refractivity contribution < 1.29 is 22.8 Å². The zero-order valence-corrected chi connectivity index (χ0v) is 16.5. The number of ether oxygens (including phenoxy) is 1. The maximum atomic E-state index is 12.0. The van der Waals surface area contributed by atoms with E-state index in [1.807, 2.05) is 13.8 Å². The summed E-state index contributed by atoms with van der Waals surface area (Å²) in [7, 11) is 2.17. The van der Waals surface area contributed by atoms with Gasteiger partial charge in [-0.1, -0.05) is 18.2 Å². The number of carbonyl (C=O) groups excluding carboxylic acids is 1. The van der Waals surface area contributed by atoms with Crippen molar-refractivity contribution in [1.29, 1.82) is 0 Å². The molecule has 24 heavy (non-hydrogen) atoms. The predicted octanol–water partition coefficient (Wildman–Crippen LogP) is 3.28. The molecule has 0 unspecified atom stereocenters. The molecule has 0 bridgehead atoms. The second-order valence-electron chi connectivity index (χ2n) is 6.18. The molecule has 0 aromatic carbocycles. The Labute approximate surface area is 146 Å². The summed E-state index contributed by atoms with van der Waals surface area (Å²) in [5.41, 5.74) is 2.24. The maximum Gasteiger partial charge on any atom is 0.500 e. The van der Waals surface area contributed by atoms with E-state index >= 15 is 0 Å². The van der Waals surface area contributed by atoms with Gasteiger partial charge in [0.25, 0.3) is 0 Å². The number of hydrogen-bond acceptors (Lipinski definition) is 5. The number of amides is 1. The average molecular weight is 358 g/mol. The molecule has 1 amide bonds. The molecule has 1 aliphatic rings. The number of alkyl carbamates (subject to hydrolysis) is 1. The summed E-state index contributed by atoms with van der Waals surface area (Å²) in [6.07, 6.45) is 4.04. The molecule has 0 radical (unpaired) electrons. The fraction of sp³-hybridized carbons (Fsp3) is 0.706. The standard InChI is InChI=1S/C17H31NO5Si/c1-13(2)15-9-8-14(3)16(12-15)23-17(19)18-10-7-11-24(20-4,21-5)22-6/h8,15-16H,1,7,9-12H2,2-6H3,(H,18,19)/t15-,16-/m0/s1. The van der Waals surface area contributed by atoms with Crippen molar-refractivity contribution >= 4 is 14.9 Å². The van der Waals surface area contributed by atoms with E-state index in [2.05, 4.69) is 18.0 Å². The van der Waals surface area contributed by atoms with Crippen LogP contribution in [0, 0.1) is 5.92 Å². The molecule has 7 heteroatoms. The van der Waals surface area contributed by atoms with Crippen LogP contribution in [0.15, 0.2) is 23.8 Å². The molecular weight excluding hydrogens is 326 g/mol. The molecule has 0 fully saturated rings. The van der Waals surface area contributed by atoms with Gasteiger partial charge in [0.15, 0.2) is 0 Å². The largest absolute Gasteiger partial charge is 0.500 e. The van der Waals surface area contributed by atoms with Crippen molar-refractivity contribution in [3.05, 3.63) is 23.8 Å². The van der Waals surface area contributed by atoms with E-state index in [4.69, 9.17) is 18.0 Å². The molecular formula is C17H31NO5Si. The van der Waals surface area contributed by atoms with Crippen LogP contribution in [-0.2, 0) is 18.0 Å². The maximum absolute atomic E-state index is 12.0. The van der Waals surface area contributed by atoms with E-state index in [-0.39, 0.29) is 6.10 Å². The number of carbonyl (C=O) groups is 1. The van der Waals surface area contributed by atoms with Crippen LogP contribution in [-0.4, -0.2) is 48.9 Å². The van der Waals surface area contributed by atoms with Crippen molar-refractivity contribution in [2.45, 2.75) is 45.3 Å². The molecule has 1 rings (SSSR count). The van der Waals surface area contributed by atoms with Crippen molar-refractivity contribution in [3.63, 3.8) is 0 Å². The first-order valence-corrected chi connectivity index (χ1v) is 10.2. The SMILES string of the molecule is C=C(C)[C@H]1CC=C(C)[C@@H](OC(=O)NCCC[Si](OC)(OC)OC)C1. The van der Waals surface area contributed by atoms with Gasteiger partial charge in [-0.05, 0) is 44.6 Å². The molecule has 0 aromatic heterocycles. The number of nitrogens with one attached hydrogen (secondary N) is 1. The molecule has 0 saturated carbocycles. The quantitative estimate of drug-likeness (QED) is 0.390. The molecule has 0 aliphatic heterocycles. The fourth-order valence-electron chi connectivity index (χ4n) is 2.77. The Kier molecular flexibility index (Phi) is 8.69. The average Bonchev–Trinajstić information content (AvgIpc) is 2.57. The van der Waals surface area contributed by atoms with E-state index in [1.165, 1.54) is 0 Å². The third-order valence-corrected chi connectivity index (χ3v) is 7.37. The van der Waals surface area contributed by atoms with Crippen LogP contribution in [0.4, 0.5) is 4.79 Å². The second-order valence-corrected chi connectivity index (χ2v) is 9.27. The zero-order chi connectivity index (χ0) is 18.2. The minimum absolute atomic E-state index is 0.175. The smallest absolute Gasteiger partial charge is 0.442 e. The van der Waals surface area contributed by atoms with E-state index in [9.17, 15) is 4.79 Å². The number of hydrogen-bond donors (Lipinski definition) is 1. The van der Waals surface area contributed by atoms with Crippen molar-refractivity contribution in [1.82, 2.24) is 5.32 Å². The van der Waals surface area contributed by atoms with Crippen LogP contribution in [0.25, 0.3) is 0 Å². The highest BCUT2D eigenvalue weighted by Crippen LogP contribution is 2.30. The van der Waals surface area contributed by atoms with Crippen molar-refractivity contribution in [2.75, 3.05) is 27.9 Å². The third-order valence-electron chi connectivity index (χ3n) is 4.54. The summed E-state index contributed by atoms with van der Waals surface area (Å²) in [5.74, 6) is 0.378. The first kappa shape index (κ1) is 20.9. The first-order valence-electron chi connectivity index (χ1n) is 8.29.